The van der Waals surface area contributed by atoms with E-state index in [0.29, 0.717) is 32.4 Å². The minimum absolute atomic E-state index is 0.364. The van der Waals surface area contributed by atoms with Crippen LogP contribution in [0.2, 0.25) is 0 Å². The highest BCUT2D eigenvalue weighted by atomic mass is 16.5. The van der Waals surface area contributed by atoms with Crippen molar-refractivity contribution in [2.24, 2.45) is 0 Å². The van der Waals surface area contributed by atoms with Gasteiger partial charge in [0.15, 0.2) is 0 Å². The van der Waals surface area contributed by atoms with E-state index in [0.717, 1.165) is 12.6 Å². The Morgan fingerprint density at radius 1 is 1.33 bits per heavy atom. The maximum absolute atomic E-state index is 9.68. The standard InChI is InChI=1S/C13H28N2O3/c1-11(15(2)12-4-5-12)8-14-9-13(16)10-18-7-6-17-3/h11-14,16H,4-10H2,1-3H3. The van der Waals surface area contributed by atoms with Crippen LogP contribution in [0.1, 0.15) is 19.8 Å². The summed E-state index contributed by atoms with van der Waals surface area (Å²) in [5.74, 6) is 0. The Morgan fingerprint density at radius 3 is 2.67 bits per heavy atom. The van der Waals surface area contributed by atoms with Crippen molar-refractivity contribution in [2.45, 2.75) is 38.0 Å². The summed E-state index contributed by atoms with van der Waals surface area (Å²) in [7, 11) is 3.81. The van der Waals surface area contributed by atoms with Crippen molar-refractivity contribution in [3.8, 4) is 0 Å². The number of hydrogen-bond donors (Lipinski definition) is 2. The summed E-state index contributed by atoms with van der Waals surface area (Å²) in [5.41, 5.74) is 0. The van der Waals surface area contributed by atoms with Gasteiger partial charge in [0.05, 0.1) is 25.9 Å². The van der Waals surface area contributed by atoms with Gasteiger partial charge in [-0.3, -0.25) is 4.90 Å². The second kappa shape index (κ2) is 8.82. The van der Waals surface area contributed by atoms with Crippen LogP contribution in [0, 0.1) is 0 Å². The van der Waals surface area contributed by atoms with Crippen molar-refractivity contribution in [3.05, 3.63) is 0 Å². The Labute approximate surface area is 110 Å². The van der Waals surface area contributed by atoms with Crippen LogP contribution in [0.4, 0.5) is 0 Å². The van der Waals surface area contributed by atoms with Crippen molar-refractivity contribution < 1.29 is 14.6 Å². The highest BCUT2D eigenvalue weighted by Gasteiger charge is 2.28. The van der Waals surface area contributed by atoms with Crippen LogP contribution in [-0.2, 0) is 9.47 Å². The molecule has 18 heavy (non-hydrogen) atoms. The topological polar surface area (TPSA) is 54.0 Å². The van der Waals surface area contributed by atoms with Crippen molar-refractivity contribution >= 4 is 0 Å². The fraction of sp³-hybridized carbons (Fsp3) is 1.00. The highest BCUT2D eigenvalue weighted by Crippen LogP contribution is 2.26. The summed E-state index contributed by atoms with van der Waals surface area (Å²) in [5, 5.41) is 13.0. The third-order valence-corrected chi connectivity index (χ3v) is 3.38. The molecular formula is C13H28N2O3. The summed E-state index contributed by atoms with van der Waals surface area (Å²) in [6.45, 7) is 5.17. The number of methoxy groups -OCH3 is 1. The summed E-state index contributed by atoms with van der Waals surface area (Å²) in [6.07, 6.45) is 2.22. The maximum atomic E-state index is 9.68. The molecule has 0 aromatic carbocycles. The Balaban J connectivity index is 1.95. The Hall–Kier alpha value is -0.200. The zero-order valence-electron chi connectivity index (χ0n) is 11.9. The lowest BCUT2D eigenvalue weighted by Crippen LogP contribution is -2.42. The molecule has 2 atom stereocenters. The number of hydrogen-bond acceptors (Lipinski definition) is 5. The first kappa shape index (κ1) is 15.9. The molecule has 0 saturated heterocycles. The molecule has 1 aliphatic rings. The van der Waals surface area contributed by atoms with E-state index in [-0.39, 0.29) is 0 Å². The Morgan fingerprint density at radius 2 is 2.06 bits per heavy atom. The fourth-order valence-electron chi connectivity index (χ4n) is 1.87. The Bertz CT molecular complexity index is 212. The van der Waals surface area contributed by atoms with Crippen LogP contribution in [0.25, 0.3) is 0 Å². The molecule has 0 aliphatic heterocycles. The van der Waals surface area contributed by atoms with Gasteiger partial charge in [0.2, 0.25) is 0 Å². The van der Waals surface area contributed by atoms with Gasteiger partial charge in [-0.25, -0.2) is 0 Å². The molecule has 1 fully saturated rings. The number of aliphatic hydroxyl groups is 1. The van der Waals surface area contributed by atoms with Gasteiger partial charge in [-0.05, 0) is 26.8 Å². The molecule has 1 rings (SSSR count). The lowest BCUT2D eigenvalue weighted by Gasteiger charge is -2.25. The molecule has 5 heteroatoms. The molecule has 0 amide bonds. The first-order valence-corrected chi connectivity index (χ1v) is 6.82. The molecule has 108 valence electrons. The zero-order valence-corrected chi connectivity index (χ0v) is 11.9. The van der Waals surface area contributed by atoms with Crippen LogP contribution in [0.15, 0.2) is 0 Å². The van der Waals surface area contributed by atoms with E-state index in [2.05, 4.69) is 24.2 Å². The maximum Gasteiger partial charge on any atom is 0.0897 e. The summed E-state index contributed by atoms with van der Waals surface area (Å²) >= 11 is 0. The number of aliphatic hydroxyl groups excluding tert-OH is 1. The molecule has 0 radical (unpaired) electrons. The second-order valence-corrected chi connectivity index (χ2v) is 5.13. The molecular weight excluding hydrogens is 232 g/mol. The lowest BCUT2D eigenvalue weighted by atomic mass is 10.2. The number of likely N-dealkylation sites (N-methyl/N-ethyl adjacent to an activating group) is 1. The van der Waals surface area contributed by atoms with Gasteiger partial charge in [0, 0.05) is 32.3 Å². The zero-order chi connectivity index (χ0) is 13.4. The van der Waals surface area contributed by atoms with Crippen LogP contribution in [-0.4, -0.2) is 75.3 Å². The van der Waals surface area contributed by atoms with Crippen molar-refractivity contribution in [3.63, 3.8) is 0 Å². The normalized spacial score (nSPS) is 19.2. The molecule has 0 aromatic heterocycles. The first-order chi connectivity index (χ1) is 8.65. The van der Waals surface area contributed by atoms with Crippen LogP contribution >= 0.6 is 0 Å². The van der Waals surface area contributed by atoms with E-state index < -0.39 is 6.10 Å². The quantitative estimate of drug-likeness (QED) is 0.515. The largest absolute Gasteiger partial charge is 0.389 e. The van der Waals surface area contributed by atoms with Gasteiger partial charge >= 0.3 is 0 Å². The summed E-state index contributed by atoms with van der Waals surface area (Å²) in [4.78, 5) is 2.41. The average molecular weight is 260 g/mol. The minimum Gasteiger partial charge on any atom is -0.389 e. The van der Waals surface area contributed by atoms with Gasteiger partial charge in [-0.2, -0.15) is 0 Å². The number of rotatable bonds is 11. The third-order valence-electron chi connectivity index (χ3n) is 3.38. The molecule has 1 saturated carbocycles. The molecule has 0 heterocycles. The van der Waals surface area contributed by atoms with E-state index in [1.807, 2.05) is 0 Å². The predicted molar refractivity (Wildman–Crippen MR) is 71.8 cm³/mol. The van der Waals surface area contributed by atoms with E-state index in [9.17, 15) is 5.11 Å². The molecule has 2 unspecified atom stereocenters. The third kappa shape index (κ3) is 6.66. The average Bonchev–Trinajstić information content (AvgIpc) is 3.17. The molecule has 0 aromatic rings. The van der Waals surface area contributed by atoms with Gasteiger partial charge in [0.25, 0.3) is 0 Å². The van der Waals surface area contributed by atoms with E-state index in [1.54, 1.807) is 7.11 Å². The lowest BCUT2D eigenvalue weighted by molar-refractivity contribution is 0.0134. The fourth-order valence-corrected chi connectivity index (χ4v) is 1.87. The van der Waals surface area contributed by atoms with Crippen molar-refractivity contribution in [1.82, 2.24) is 10.2 Å². The second-order valence-electron chi connectivity index (χ2n) is 5.13. The SMILES string of the molecule is COCCOCC(O)CNCC(C)N(C)C1CC1. The summed E-state index contributed by atoms with van der Waals surface area (Å²) < 4.78 is 10.1. The minimum atomic E-state index is -0.444. The van der Waals surface area contributed by atoms with E-state index in [1.165, 1.54) is 12.8 Å². The molecule has 5 nitrogen and oxygen atoms in total. The predicted octanol–water partition coefficient (Wildman–Crippen LogP) is 0.0826. The van der Waals surface area contributed by atoms with Crippen molar-refractivity contribution in [2.75, 3.05) is 47.1 Å². The monoisotopic (exact) mass is 260 g/mol. The van der Waals surface area contributed by atoms with Crippen LogP contribution < -0.4 is 5.32 Å². The molecule has 1 aliphatic carbocycles. The van der Waals surface area contributed by atoms with Gasteiger partial charge in [-0.1, -0.05) is 0 Å². The van der Waals surface area contributed by atoms with Gasteiger partial charge < -0.3 is 19.9 Å². The highest BCUT2D eigenvalue weighted by molar-refractivity contribution is 4.85. The molecule has 0 spiro atoms. The van der Waals surface area contributed by atoms with Crippen molar-refractivity contribution in [1.29, 1.82) is 0 Å². The Kier molecular flexibility index (Phi) is 7.77. The van der Waals surface area contributed by atoms with Crippen LogP contribution in [0.3, 0.4) is 0 Å². The number of nitrogens with zero attached hydrogens (tertiary/aromatic N) is 1. The first-order valence-electron chi connectivity index (χ1n) is 6.82. The van der Waals surface area contributed by atoms with Gasteiger partial charge in [0.1, 0.15) is 0 Å². The molecule has 0 bridgehead atoms. The van der Waals surface area contributed by atoms with Crippen LogP contribution in [0.5, 0.6) is 0 Å². The number of ether oxygens (including phenoxy) is 2. The summed E-state index contributed by atoms with van der Waals surface area (Å²) in [6, 6.07) is 1.29. The van der Waals surface area contributed by atoms with E-state index in [4.69, 9.17) is 9.47 Å². The molecule has 2 N–H and O–H groups in total. The van der Waals surface area contributed by atoms with E-state index >= 15 is 0 Å². The van der Waals surface area contributed by atoms with Gasteiger partial charge in [-0.15, -0.1) is 0 Å². The number of nitrogens with one attached hydrogen (secondary N) is 1. The smallest absolute Gasteiger partial charge is 0.0897 e.